The minimum Gasteiger partial charge on any atom is -0.494 e. The van der Waals surface area contributed by atoms with Gasteiger partial charge in [-0.2, -0.15) is 5.10 Å². The summed E-state index contributed by atoms with van der Waals surface area (Å²) in [6.45, 7) is 4.31. The van der Waals surface area contributed by atoms with Gasteiger partial charge in [-0.25, -0.2) is 0 Å². The van der Waals surface area contributed by atoms with Gasteiger partial charge in [0.15, 0.2) is 5.69 Å². The van der Waals surface area contributed by atoms with Crippen molar-refractivity contribution in [3.05, 3.63) is 59.8 Å². The Morgan fingerprint density at radius 1 is 1.23 bits per heavy atom. The number of carbonyl (C=O) groups is 1. The van der Waals surface area contributed by atoms with Gasteiger partial charge >= 0.3 is 0 Å². The van der Waals surface area contributed by atoms with Crippen LogP contribution in [0.25, 0.3) is 10.9 Å². The van der Waals surface area contributed by atoms with E-state index < -0.39 is 0 Å². The number of aromatic nitrogens is 2. The van der Waals surface area contributed by atoms with Crippen molar-refractivity contribution in [3.8, 4) is 5.75 Å². The highest BCUT2D eigenvalue weighted by molar-refractivity contribution is 6.04. The van der Waals surface area contributed by atoms with E-state index in [0.717, 1.165) is 42.6 Å². The van der Waals surface area contributed by atoms with Crippen molar-refractivity contribution in [2.24, 2.45) is 5.92 Å². The molecule has 134 valence electrons. The van der Waals surface area contributed by atoms with E-state index in [2.05, 4.69) is 29.3 Å². The number of H-pyrrole nitrogens is 1. The van der Waals surface area contributed by atoms with Crippen LogP contribution in [0.5, 0.6) is 5.75 Å². The normalized spacial score (nSPS) is 17.0. The topological polar surface area (TPSA) is 58.2 Å². The van der Waals surface area contributed by atoms with Crippen LogP contribution in [0.1, 0.15) is 28.9 Å². The molecule has 1 aliphatic heterocycles. The Morgan fingerprint density at radius 2 is 2.04 bits per heavy atom. The maximum Gasteiger partial charge on any atom is 0.275 e. The van der Waals surface area contributed by atoms with Gasteiger partial charge in [0, 0.05) is 18.5 Å². The van der Waals surface area contributed by atoms with Crippen molar-refractivity contribution >= 4 is 16.8 Å². The summed E-state index contributed by atoms with van der Waals surface area (Å²) in [5.41, 5.74) is 2.66. The number of nitrogens with one attached hydrogen (secondary N) is 1. The van der Waals surface area contributed by atoms with E-state index in [1.807, 2.05) is 41.3 Å². The minimum atomic E-state index is 0.0180. The van der Waals surface area contributed by atoms with Gasteiger partial charge in [-0.15, -0.1) is 0 Å². The fourth-order valence-corrected chi connectivity index (χ4v) is 3.51. The van der Waals surface area contributed by atoms with Crippen LogP contribution in [-0.4, -0.2) is 40.7 Å². The zero-order valence-corrected chi connectivity index (χ0v) is 14.9. The van der Waals surface area contributed by atoms with Crippen LogP contribution in [0.2, 0.25) is 0 Å². The molecule has 3 aromatic rings. The van der Waals surface area contributed by atoms with E-state index in [0.29, 0.717) is 18.2 Å². The van der Waals surface area contributed by atoms with E-state index in [-0.39, 0.29) is 5.91 Å². The van der Waals surface area contributed by atoms with Gasteiger partial charge < -0.3 is 9.64 Å². The molecule has 2 aromatic carbocycles. The lowest BCUT2D eigenvalue weighted by molar-refractivity contribution is 0.0781. The Bertz CT molecular complexity index is 901. The number of nitrogens with zero attached hydrogens (tertiary/aromatic N) is 2. The van der Waals surface area contributed by atoms with Crippen molar-refractivity contribution in [1.82, 2.24) is 15.1 Å². The van der Waals surface area contributed by atoms with Gasteiger partial charge in [-0.1, -0.05) is 35.9 Å². The lowest BCUT2D eigenvalue weighted by Gasteiger charge is -2.15. The van der Waals surface area contributed by atoms with Crippen LogP contribution in [0.3, 0.4) is 0 Å². The molecule has 26 heavy (non-hydrogen) atoms. The first-order chi connectivity index (χ1) is 12.7. The second kappa shape index (κ2) is 7.20. The number of likely N-dealkylation sites (tertiary alicyclic amines) is 1. The van der Waals surface area contributed by atoms with Gasteiger partial charge in [0.1, 0.15) is 5.75 Å². The van der Waals surface area contributed by atoms with Crippen molar-refractivity contribution < 1.29 is 9.53 Å². The first-order valence-corrected chi connectivity index (χ1v) is 9.12. The summed E-state index contributed by atoms with van der Waals surface area (Å²) < 4.78 is 5.83. The number of hydrogen-bond donors (Lipinski definition) is 1. The van der Waals surface area contributed by atoms with Crippen LogP contribution in [0.4, 0.5) is 0 Å². The molecule has 1 amide bonds. The summed E-state index contributed by atoms with van der Waals surface area (Å²) in [6.07, 6.45) is 1.98. The van der Waals surface area contributed by atoms with Crippen LogP contribution in [0.15, 0.2) is 48.5 Å². The smallest absolute Gasteiger partial charge is 0.275 e. The van der Waals surface area contributed by atoms with Gasteiger partial charge in [0.05, 0.1) is 12.1 Å². The van der Waals surface area contributed by atoms with Gasteiger partial charge in [-0.3, -0.25) is 9.89 Å². The molecule has 1 unspecified atom stereocenters. The summed E-state index contributed by atoms with van der Waals surface area (Å²) >= 11 is 0. The molecule has 1 fully saturated rings. The second-order valence-electron chi connectivity index (χ2n) is 6.97. The second-order valence-corrected chi connectivity index (χ2v) is 6.97. The molecule has 0 bridgehead atoms. The average molecular weight is 349 g/mol. The number of hydrogen-bond acceptors (Lipinski definition) is 3. The van der Waals surface area contributed by atoms with Gasteiger partial charge in [0.25, 0.3) is 5.91 Å². The molecule has 2 heterocycles. The SMILES string of the molecule is Cc1ccc(OCCC2CCN(C(=O)c3n[nH]c4ccccc34)C2)cc1. The summed E-state index contributed by atoms with van der Waals surface area (Å²) in [6, 6.07) is 15.9. The summed E-state index contributed by atoms with van der Waals surface area (Å²) in [4.78, 5) is 14.7. The van der Waals surface area contributed by atoms with Crippen LogP contribution >= 0.6 is 0 Å². The molecule has 1 N–H and O–H groups in total. The van der Waals surface area contributed by atoms with E-state index >= 15 is 0 Å². The lowest BCUT2D eigenvalue weighted by atomic mass is 10.1. The average Bonchev–Trinajstić information content (AvgIpc) is 3.30. The molecule has 0 aliphatic carbocycles. The Hall–Kier alpha value is -2.82. The van der Waals surface area contributed by atoms with E-state index in [9.17, 15) is 4.79 Å². The zero-order valence-electron chi connectivity index (χ0n) is 14.9. The summed E-state index contributed by atoms with van der Waals surface area (Å²) in [7, 11) is 0. The van der Waals surface area contributed by atoms with Crippen LogP contribution in [-0.2, 0) is 0 Å². The molecular formula is C21H23N3O2. The number of fused-ring (bicyclic) bond motifs is 1. The van der Waals surface area contributed by atoms with E-state index in [1.165, 1.54) is 5.56 Å². The van der Waals surface area contributed by atoms with Crippen LogP contribution in [0, 0.1) is 12.8 Å². The standard InChI is InChI=1S/C21H23N3O2/c1-15-6-8-17(9-7-15)26-13-11-16-10-12-24(14-16)21(25)20-18-4-2-3-5-19(18)22-23-20/h2-9,16H,10-14H2,1H3,(H,22,23). The number of amides is 1. The molecule has 0 spiro atoms. The first-order valence-electron chi connectivity index (χ1n) is 9.12. The highest BCUT2D eigenvalue weighted by Crippen LogP contribution is 2.24. The number of para-hydroxylation sites is 1. The number of rotatable bonds is 5. The maximum absolute atomic E-state index is 12.8. The van der Waals surface area contributed by atoms with Crippen LogP contribution < -0.4 is 4.74 Å². The summed E-state index contributed by atoms with van der Waals surface area (Å²) in [5.74, 6) is 1.41. The summed E-state index contributed by atoms with van der Waals surface area (Å²) in [5, 5.41) is 8.07. The Morgan fingerprint density at radius 3 is 2.88 bits per heavy atom. The predicted molar refractivity (Wildman–Crippen MR) is 101 cm³/mol. The van der Waals surface area contributed by atoms with Gasteiger partial charge in [-0.05, 0) is 43.9 Å². The van der Waals surface area contributed by atoms with Gasteiger partial charge in [0.2, 0.25) is 0 Å². The number of benzene rings is 2. The molecule has 1 aromatic heterocycles. The minimum absolute atomic E-state index is 0.0180. The third kappa shape index (κ3) is 3.43. The lowest BCUT2D eigenvalue weighted by Crippen LogP contribution is -2.29. The third-order valence-corrected chi connectivity index (χ3v) is 5.06. The number of aryl methyl sites for hydroxylation is 1. The van der Waals surface area contributed by atoms with Crippen molar-refractivity contribution in [2.75, 3.05) is 19.7 Å². The molecule has 0 saturated carbocycles. The van der Waals surface area contributed by atoms with Crippen molar-refractivity contribution in [3.63, 3.8) is 0 Å². The largest absolute Gasteiger partial charge is 0.494 e. The van der Waals surface area contributed by atoms with Crippen molar-refractivity contribution in [1.29, 1.82) is 0 Å². The maximum atomic E-state index is 12.8. The molecule has 5 heteroatoms. The molecule has 0 radical (unpaired) electrons. The number of ether oxygens (including phenoxy) is 1. The highest BCUT2D eigenvalue weighted by Gasteiger charge is 2.29. The number of aromatic amines is 1. The Balaban J connectivity index is 1.32. The zero-order chi connectivity index (χ0) is 17.9. The molecule has 1 atom stereocenters. The fraction of sp³-hybridized carbons (Fsp3) is 0.333. The number of carbonyl (C=O) groups excluding carboxylic acids is 1. The third-order valence-electron chi connectivity index (χ3n) is 5.06. The Labute approximate surface area is 153 Å². The van der Waals surface area contributed by atoms with E-state index in [1.54, 1.807) is 0 Å². The molecule has 1 saturated heterocycles. The van der Waals surface area contributed by atoms with Crippen molar-refractivity contribution in [2.45, 2.75) is 19.8 Å². The first kappa shape index (κ1) is 16.6. The molecule has 5 nitrogen and oxygen atoms in total. The highest BCUT2D eigenvalue weighted by atomic mass is 16.5. The molecule has 4 rings (SSSR count). The predicted octanol–water partition coefficient (Wildman–Crippen LogP) is 3.80. The molecular weight excluding hydrogens is 326 g/mol. The molecule has 1 aliphatic rings. The quantitative estimate of drug-likeness (QED) is 0.762. The van der Waals surface area contributed by atoms with E-state index in [4.69, 9.17) is 4.74 Å². The monoisotopic (exact) mass is 349 g/mol. The fourth-order valence-electron chi connectivity index (χ4n) is 3.51. The Kier molecular flexibility index (Phi) is 4.61.